The van der Waals surface area contributed by atoms with Crippen molar-refractivity contribution in [3.05, 3.63) is 63.8 Å². The third-order valence-corrected chi connectivity index (χ3v) is 7.14. The van der Waals surface area contributed by atoms with E-state index in [1.165, 1.54) is 7.05 Å². The molecule has 1 amide bonds. The topological polar surface area (TPSA) is 96.1 Å². The number of nitrogen functional groups attached to an aromatic ring is 1. The maximum Gasteiger partial charge on any atom is 0.416 e. The minimum absolute atomic E-state index is 0.0488. The Morgan fingerprint density at radius 2 is 1.81 bits per heavy atom. The van der Waals surface area contributed by atoms with Crippen molar-refractivity contribution in [2.24, 2.45) is 11.2 Å². The SMILES string of the molecule is CN(N=O)C(c1ccc(C(F)(F)F)cc1F)C1CC1.CS(=O)c1ccc(N)c(C(=O)N2CCCC2)c1. The second-order valence-electron chi connectivity index (χ2n) is 8.87. The third kappa shape index (κ3) is 6.59. The second-order valence-corrected chi connectivity index (χ2v) is 10.3. The van der Waals surface area contributed by atoms with E-state index in [9.17, 15) is 31.5 Å². The molecular weight excluding hydrogens is 500 g/mol. The number of halogens is 4. The summed E-state index contributed by atoms with van der Waals surface area (Å²) in [7, 11) is 0.304. The molecule has 12 heteroatoms. The number of rotatable bonds is 6. The van der Waals surface area contributed by atoms with Gasteiger partial charge in [0.05, 0.1) is 22.5 Å². The summed E-state index contributed by atoms with van der Waals surface area (Å²) in [5, 5.41) is 3.79. The van der Waals surface area contributed by atoms with Gasteiger partial charge in [0, 0.05) is 53.3 Å². The number of nitroso groups, excluding NO2 is 1. The predicted octanol–water partition coefficient (Wildman–Crippen LogP) is 5.15. The summed E-state index contributed by atoms with van der Waals surface area (Å²) >= 11 is 0. The molecule has 1 saturated carbocycles. The molecule has 1 aliphatic heterocycles. The lowest BCUT2D eigenvalue weighted by molar-refractivity contribution is -0.137. The Labute approximate surface area is 209 Å². The van der Waals surface area contributed by atoms with E-state index < -0.39 is 34.4 Å². The molecule has 196 valence electrons. The Balaban J connectivity index is 0.000000202. The van der Waals surface area contributed by atoms with E-state index >= 15 is 0 Å². The van der Waals surface area contributed by atoms with E-state index in [0.717, 1.165) is 55.9 Å². The number of anilines is 1. The number of carbonyl (C=O) groups is 1. The zero-order chi connectivity index (χ0) is 26.6. The van der Waals surface area contributed by atoms with Crippen LogP contribution < -0.4 is 5.73 Å². The first kappa shape index (κ1) is 27.6. The number of nitrogens with two attached hydrogens (primary N) is 1. The molecule has 1 aliphatic carbocycles. The number of benzene rings is 2. The maximum atomic E-state index is 13.8. The quantitative estimate of drug-likeness (QED) is 0.242. The Morgan fingerprint density at radius 3 is 2.31 bits per heavy atom. The van der Waals surface area contributed by atoms with Crippen molar-refractivity contribution >= 4 is 22.4 Å². The van der Waals surface area contributed by atoms with Crippen molar-refractivity contribution in [3.63, 3.8) is 0 Å². The van der Waals surface area contributed by atoms with E-state index in [1.807, 2.05) is 0 Å². The van der Waals surface area contributed by atoms with Gasteiger partial charge >= 0.3 is 6.18 Å². The Bertz CT molecular complexity index is 1130. The number of hydrogen-bond acceptors (Lipinski definition) is 5. The third-order valence-electron chi connectivity index (χ3n) is 6.23. The molecule has 2 aromatic carbocycles. The van der Waals surface area contributed by atoms with E-state index in [2.05, 4.69) is 5.29 Å². The highest BCUT2D eigenvalue weighted by molar-refractivity contribution is 7.84. The van der Waals surface area contributed by atoms with Crippen LogP contribution in [0.2, 0.25) is 0 Å². The molecule has 0 spiro atoms. The fraction of sp³-hybridized carbons (Fsp3) is 0.458. The molecule has 2 unspecified atom stereocenters. The van der Waals surface area contributed by atoms with E-state index in [4.69, 9.17) is 5.73 Å². The van der Waals surface area contributed by atoms with Crippen LogP contribution in [-0.2, 0) is 17.0 Å². The van der Waals surface area contributed by atoms with Crippen molar-refractivity contribution < 1.29 is 26.6 Å². The molecule has 2 aromatic rings. The molecule has 1 saturated heterocycles. The van der Waals surface area contributed by atoms with E-state index in [-0.39, 0.29) is 17.4 Å². The second kappa shape index (κ2) is 11.4. The molecule has 2 atom stereocenters. The van der Waals surface area contributed by atoms with Crippen LogP contribution >= 0.6 is 0 Å². The van der Waals surface area contributed by atoms with Crippen LogP contribution in [-0.4, -0.2) is 46.4 Å². The molecule has 0 aromatic heterocycles. The summed E-state index contributed by atoms with van der Waals surface area (Å²) in [5.74, 6) is -0.941. The smallest absolute Gasteiger partial charge is 0.398 e. The lowest BCUT2D eigenvalue weighted by atomic mass is 9.99. The van der Waals surface area contributed by atoms with Gasteiger partial charge in [-0.1, -0.05) is 6.07 Å². The van der Waals surface area contributed by atoms with Gasteiger partial charge in [-0.25, -0.2) is 4.39 Å². The largest absolute Gasteiger partial charge is 0.416 e. The Hall–Kier alpha value is -3.02. The van der Waals surface area contributed by atoms with Gasteiger partial charge in [0.2, 0.25) is 0 Å². The van der Waals surface area contributed by atoms with Crippen molar-refractivity contribution in [2.75, 3.05) is 32.1 Å². The first-order chi connectivity index (χ1) is 16.9. The Kier molecular flexibility index (Phi) is 8.70. The first-order valence-corrected chi connectivity index (χ1v) is 12.9. The van der Waals surface area contributed by atoms with Crippen LogP contribution in [0.3, 0.4) is 0 Å². The van der Waals surface area contributed by atoms with Crippen molar-refractivity contribution in [1.82, 2.24) is 9.91 Å². The standard InChI is InChI=1S/C12H12F4N2O.C12H16N2O2S/c1-18(17-19)11(7-2-3-7)9-5-4-8(6-10(9)13)12(14,15)16;1-17(16)9-4-5-11(13)10(8-9)12(15)14-6-2-3-7-14/h4-7,11H,2-3H2,1H3;4-5,8H,2-3,6-7,13H2,1H3. The zero-order valence-corrected chi connectivity index (χ0v) is 20.7. The first-order valence-electron chi connectivity index (χ1n) is 11.4. The molecule has 0 bridgehead atoms. The van der Waals surface area contributed by atoms with E-state index in [0.29, 0.717) is 22.2 Å². The summed E-state index contributed by atoms with van der Waals surface area (Å²) < 4.78 is 62.6. The average Bonchev–Trinajstić information content (AvgIpc) is 3.50. The Morgan fingerprint density at radius 1 is 1.17 bits per heavy atom. The van der Waals surface area contributed by atoms with Crippen LogP contribution in [0.5, 0.6) is 0 Å². The monoisotopic (exact) mass is 528 g/mol. The van der Waals surface area contributed by atoms with Crippen LogP contribution in [0, 0.1) is 16.6 Å². The molecule has 36 heavy (non-hydrogen) atoms. The van der Waals surface area contributed by atoms with Gasteiger partial charge in [-0.05, 0) is 61.9 Å². The minimum atomic E-state index is -4.58. The van der Waals surface area contributed by atoms with Crippen LogP contribution in [0.1, 0.15) is 53.2 Å². The van der Waals surface area contributed by atoms with Gasteiger partial charge in [-0.2, -0.15) is 13.2 Å². The van der Waals surface area contributed by atoms with Crippen molar-refractivity contribution in [2.45, 2.75) is 42.8 Å². The molecule has 4 rings (SSSR count). The molecule has 1 heterocycles. The molecular formula is C24H28F4N4O3S. The number of carbonyl (C=O) groups excluding carboxylic acids is 1. The normalized spacial score (nSPS) is 17.1. The summed E-state index contributed by atoms with van der Waals surface area (Å²) in [6.07, 6.45) is 0.727. The lowest BCUT2D eigenvalue weighted by Gasteiger charge is -2.23. The highest BCUT2D eigenvalue weighted by Crippen LogP contribution is 2.45. The number of hydrogen-bond donors (Lipinski definition) is 1. The van der Waals surface area contributed by atoms with Crippen LogP contribution in [0.15, 0.2) is 46.6 Å². The summed E-state index contributed by atoms with van der Waals surface area (Å²) in [4.78, 5) is 25.2. The molecule has 2 fully saturated rings. The van der Waals surface area contributed by atoms with Crippen molar-refractivity contribution in [3.8, 4) is 0 Å². The van der Waals surface area contributed by atoms with Gasteiger partial charge in [-0.15, -0.1) is 4.91 Å². The van der Waals surface area contributed by atoms with E-state index in [1.54, 1.807) is 29.4 Å². The number of likely N-dealkylation sites (tertiary alicyclic amines) is 1. The highest BCUT2D eigenvalue weighted by atomic mass is 32.2. The summed E-state index contributed by atoms with van der Waals surface area (Å²) in [6, 6.07) is 6.77. The minimum Gasteiger partial charge on any atom is -0.398 e. The summed E-state index contributed by atoms with van der Waals surface area (Å²) in [5.41, 5.74) is 5.78. The molecule has 7 nitrogen and oxygen atoms in total. The fourth-order valence-corrected chi connectivity index (χ4v) is 4.70. The van der Waals surface area contributed by atoms with Gasteiger partial charge < -0.3 is 10.6 Å². The number of amides is 1. The summed E-state index contributed by atoms with van der Waals surface area (Å²) in [6.45, 7) is 1.58. The van der Waals surface area contributed by atoms with Crippen molar-refractivity contribution in [1.29, 1.82) is 0 Å². The lowest BCUT2D eigenvalue weighted by Crippen LogP contribution is -2.28. The molecule has 0 radical (unpaired) electrons. The number of nitrogens with zero attached hydrogens (tertiary/aromatic N) is 3. The van der Waals surface area contributed by atoms with Crippen LogP contribution in [0.4, 0.5) is 23.2 Å². The van der Waals surface area contributed by atoms with Gasteiger partial charge in [0.1, 0.15) is 5.82 Å². The van der Waals surface area contributed by atoms with Gasteiger partial charge in [0.15, 0.2) is 0 Å². The molecule has 2 N–H and O–H groups in total. The fourth-order valence-electron chi connectivity index (χ4n) is 4.16. The molecule has 2 aliphatic rings. The zero-order valence-electron chi connectivity index (χ0n) is 19.9. The average molecular weight is 529 g/mol. The van der Waals surface area contributed by atoms with Gasteiger partial charge in [0.25, 0.3) is 5.91 Å². The number of alkyl halides is 3. The maximum absolute atomic E-state index is 13.8. The van der Waals surface area contributed by atoms with Crippen LogP contribution in [0.25, 0.3) is 0 Å². The predicted molar refractivity (Wildman–Crippen MR) is 129 cm³/mol. The van der Waals surface area contributed by atoms with Gasteiger partial charge in [-0.3, -0.25) is 14.0 Å². The highest BCUT2D eigenvalue weighted by Gasteiger charge is 2.38.